The molecule has 172 valence electrons. The van der Waals surface area contributed by atoms with Gasteiger partial charge in [0.1, 0.15) is 11.6 Å². The van der Waals surface area contributed by atoms with Gasteiger partial charge in [-0.3, -0.25) is 4.79 Å². The van der Waals surface area contributed by atoms with Gasteiger partial charge in [-0.15, -0.1) is 0 Å². The van der Waals surface area contributed by atoms with E-state index in [0.29, 0.717) is 37.9 Å². The average molecular weight is 463 g/mol. The van der Waals surface area contributed by atoms with Crippen LogP contribution >= 0.6 is 0 Å². The van der Waals surface area contributed by atoms with Crippen molar-refractivity contribution in [3.8, 4) is 11.1 Å². The van der Waals surface area contributed by atoms with E-state index < -0.39 is 27.1 Å². The van der Waals surface area contributed by atoms with Gasteiger partial charge >= 0.3 is 0 Å². The Bertz CT molecular complexity index is 1120. The monoisotopic (exact) mass is 462 g/mol. The van der Waals surface area contributed by atoms with Gasteiger partial charge in [-0.1, -0.05) is 37.3 Å². The Morgan fingerprint density at radius 2 is 1.75 bits per heavy atom. The van der Waals surface area contributed by atoms with E-state index in [2.05, 4.69) is 4.72 Å². The lowest BCUT2D eigenvalue weighted by atomic mass is 9.92. The van der Waals surface area contributed by atoms with Gasteiger partial charge in [-0.25, -0.2) is 21.9 Å². The van der Waals surface area contributed by atoms with Crippen molar-refractivity contribution in [2.24, 2.45) is 5.41 Å². The quantitative estimate of drug-likeness (QED) is 0.729. The van der Waals surface area contributed by atoms with E-state index in [9.17, 15) is 22.0 Å². The van der Waals surface area contributed by atoms with Crippen LogP contribution in [0.1, 0.15) is 44.1 Å². The number of nitrogens with one attached hydrogen (secondary N) is 1. The van der Waals surface area contributed by atoms with Crippen LogP contribution in [0.2, 0.25) is 0 Å². The maximum atomic E-state index is 14.5. The first-order valence-electron chi connectivity index (χ1n) is 10.9. The van der Waals surface area contributed by atoms with Crippen molar-refractivity contribution >= 4 is 15.9 Å². The number of hydrogen-bond acceptors (Lipinski definition) is 3. The lowest BCUT2D eigenvalue weighted by Gasteiger charge is -2.25. The number of rotatable bonds is 5. The zero-order chi connectivity index (χ0) is 23.1. The molecule has 3 atom stereocenters. The number of carbonyl (C=O) groups is 1. The zero-order valence-electron chi connectivity index (χ0n) is 18.3. The third-order valence-electron chi connectivity index (χ3n) is 6.69. The first-order valence-corrected chi connectivity index (χ1v) is 12.8. The fourth-order valence-corrected chi connectivity index (χ4v) is 5.76. The normalized spacial score (nSPS) is 25.9. The Morgan fingerprint density at radius 3 is 2.44 bits per heavy atom. The molecule has 0 spiro atoms. The molecule has 1 amide bonds. The SMILES string of the molecule is C[C@]1(C(=O)N2CCC[C@H](NS(C)(=O)=O)CC2)C[C@@H]1c1ccccc1-c1c(F)cccc1F. The summed E-state index contributed by atoms with van der Waals surface area (Å²) in [5.74, 6) is -1.35. The van der Waals surface area contributed by atoms with Crippen LogP contribution in [0.15, 0.2) is 42.5 Å². The fourth-order valence-electron chi connectivity index (χ4n) is 4.92. The van der Waals surface area contributed by atoms with Crippen molar-refractivity contribution < 1.29 is 22.0 Å². The molecule has 1 aliphatic carbocycles. The largest absolute Gasteiger partial charge is 0.342 e. The number of halogens is 2. The summed E-state index contributed by atoms with van der Waals surface area (Å²) < 4.78 is 54.7. The Labute approximate surface area is 187 Å². The number of likely N-dealkylation sites (tertiary alicyclic amines) is 1. The Hall–Kier alpha value is -2.32. The van der Waals surface area contributed by atoms with Gasteiger partial charge in [0.15, 0.2) is 0 Å². The average Bonchev–Trinajstić information content (AvgIpc) is 3.46. The van der Waals surface area contributed by atoms with E-state index in [1.54, 1.807) is 12.1 Å². The molecule has 2 fully saturated rings. The molecule has 32 heavy (non-hydrogen) atoms. The van der Waals surface area contributed by atoms with Crippen molar-refractivity contribution in [1.29, 1.82) is 0 Å². The molecule has 4 rings (SSSR count). The molecular weight excluding hydrogens is 434 g/mol. The molecule has 2 aromatic rings. The Kier molecular flexibility index (Phi) is 6.11. The van der Waals surface area contributed by atoms with E-state index in [0.717, 1.165) is 18.2 Å². The molecule has 1 saturated heterocycles. The van der Waals surface area contributed by atoms with E-state index >= 15 is 0 Å². The summed E-state index contributed by atoms with van der Waals surface area (Å²) in [6.45, 7) is 2.97. The molecule has 0 bridgehead atoms. The predicted octanol–water partition coefficient (Wildman–Crippen LogP) is 4.06. The van der Waals surface area contributed by atoms with Crippen LogP contribution in [0.25, 0.3) is 11.1 Å². The van der Waals surface area contributed by atoms with E-state index in [1.165, 1.54) is 18.2 Å². The highest BCUT2D eigenvalue weighted by Gasteiger charge is 2.58. The third-order valence-corrected chi connectivity index (χ3v) is 7.45. The first kappa shape index (κ1) is 22.9. The van der Waals surface area contributed by atoms with E-state index in [-0.39, 0.29) is 23.4 Å². The first-order chi connectivity index (χ1) is 15.1. The van der Waals surface area contributed by atoms with Crippen LogP contribution in [-0.4, -0.2) is 44.6 Å². The minimum Gasteiger partial charge on any atom is -0.342 e. The van der Waals surface area contributed by atoms with Gasteiger partial charge in [0.2, 0.25) is 15.9 Å². The summed E-state index contributed by atoms with van der Waals surface area (Å²) in [5.41, 5.74) is 0.563. The maximum Gasteiger partial charge on any atom is 0.229 e. The number of hydrogen-bond donors (Lipinski definition) is 1. The smallest absolute Gasteiger partial charge is 0.229 e. The van der Waals surface area contributed by atoms with Crippen molar-refractivity contribution in [3.05, 3.63) is 59.7 Å². The number of carbonyl (C=O) groups excluding carboxylic acids is 1. The standard InChI is InChI=1S/C24H28F2N2O3S/c1-24(23(29)28-13-6-7-16(12-14-28)27-32(2,30)31)15-19(24)17-8-3-4-9-18(17)22-20(25)10-5-11-21(22)26/h3-5,8-11,16,19,27H,6-7,12-15H2,1-2H3/t16-,19+,24-/m0/s1. The molecule has 8 heteroatoms. The molecule has 0 aromatic heterocycles. The van der Waals surface area contributed by atoms with E-state index in [1.807, 2.05) is 24.0 Å². The predicted molar refractivity (Wildman–Crippen MR) is 119 cm³/mol. The Morgan fingerprint density at radius 1 is 1.06 bits per heavy atom. The van der Waals surface area contributed by atoms with Crippen LogP contribution in [0.4, 0.5) is 8.78 Å². The van der Waals surface area contributed by atoms with Crippen LogP contribution in [0, 0.1) is 17.0 Å². The third kappa shape index (κ3) is 4.57. The topological polar surface area (TPSA) is 66.5 Å². The van der Waals surface area contributed by atoms with Crippen LogP contribution < -0.4 is 4.72 Å². The van der Waals surface area contributed by atoms with Gasteiger partial charge in [-0.05, 0) is 54.9 Å². The number of nitrogens with zero attached hydrogens (tertiary/aromatic N) is 1. The van der Waals surface area contributed by atoms with Crippen LogP contribution in [-0.2, 0) is 14.8 Å². The number of benzene rings is 2. The molecule has 2 aliphatic rings. The number of amides is 1. The van der Waals surface area contributed by atoms with Gasteiger partial charge in [0.05, 0.1) is 17.2 Å². The minimum absolute atomic E-state index is 0.0197. The summed E-state index contributed by atoms with van der Waals surface area (Å²) in [4.78, 5) is 15.2. The molecule has 0 radical (unpaired) electrons. The van der Waals surface area contributed by atoms with E-state index in [4.69, 9.17) is 0 Å². The van der Waals surface area contributed by atoms with Crippen molar-refractivity contribution in [1.82, 2.24) is 9.62 Å². The molecule has 1 saturated carbocycles. The molecule has 0 unspecified atom stereocenters. The minimum atomic E-state index is -3.29. The molecule has 1 N–H and O–H groups in total. The maximum absolute atomic E-state index is 14.5. The van der Waals surface area contributed by atoms with Gasteiger partial charge < -0.3 is 4.90 Å². The Balaban J connectivity index is 1.54. The van der Waals surface area contributed by atoms with Gasteiger partial charge in [0, 0.05) is 19.1 Å². The van der Waals surface area contributed by atoms with Crippen molar-refractivity contribution in [2.75, 3.05) is 19.3 Å². The van der Waals surface area contributed by atoms with Crippen molar-refractivity contribution in [2.45, 2.75) is 44.6 Å². The van der Waals surface area contributed by atoms with Crippen LogP contribution in [0.3, 0.4) is 0 Å². The molecule has 5 nitrogen and oxygen atoms in total. The second-order valence-corrected chi connectivity index (χ2v) is 10.9. The fraction of sp³-hybridized carbons (Fsp3) is 0.458. The second kappa shape index (κ2) is 8.56. The second-order valence-electron chi connectivity index (χ2n) is 9.17. The van der Waals surface area contributed by atoms with Crippen LogP contribution in [0.5, 0.6) is 0 Å². The lowest BCUT2D eigenvalue weighted by molar-refractivity contribution is -0.136. The highest BCUT2D eigenvalue weighted by molar-refractivity contribution is 7.88. The molecule has 2 aromatic carbocycles. The van der Waals surface area contributed by atoms with Gasteiger partial charge in [0.25, 0.3) is 0 Å². The molecule has 1 aliphatic heterocycles. The molecular formula is C24H28F2N2O3S. The lowest BCUT2D eigenvalue weighted by Crippen LogP contribution is -2.39. The highest BCUT2D eigenvalue weighted by Crippen LogP contribution is 2.61. The molecule has 1 heterocycles. The summed E-state index contributed by atoms with van der Waals surface area (Å²) in [6, 6.07) is 10.8. The highest BCUT2D eigenvalue weighted by atomic mass is 32.2. The summed E-state index contributed by atoms with van der Waals surface area (Å²) in [7, 11) is -3.29. The summed E-state index contributed by atoms with van der Waals surface area (Å²) in [5, 5.41) is 0. The summed E-state index contributed by atoms with van der Waals surface area (Å²) >= 11 is 0. The summed E-state index contributed by atoms with van der Waals surface area (Å²) in [6.07, 6.45) is 3.73. The zero-order valence-corrected chi connectivity index (χ0v) is 19.1. The number of sulfonamides is 1. The van der Waals surface area contributed by atoms with Crippen molar-refractivity contribution in [3.63, 3.8) is 0 Å². The van der Waals surface area contributed by atoms with Gasteiger partial charge in [-0.2, -0.15) is 0 Å².